The molecule has 1 heterocycles. The molecule has 0 aliphatic carbocycles. The van der Waals surface area contributed by atoms with E-state index in [0.717, 1.165) is 6.42 Å². The van der Waals surface area contributed by atoms with E-state index in [1.807, 2.05) is 0 Å². The lowest BCUT2D eigenvalue weighted by Crippen LogP contribution is -2.52. The van der Waals surface area contributed by atoms with Crippen LogP contribution in [0.5, 0.6) is 0 Å². The van der Waals surface area contributed by atoms with Gasteiger partial charge in [0.15, 0.2) is 0 Å². The van der Waals surface area contributed by atoms with E-state index in [1.54, 1.807) is 7.11 Å². The van der Waals surface area contributed by atoms with Gasteiger partial charge in [-0.05, 0) is 12.3 Å². The first kappa shape index (κ1) is 17.9. The second kappa shape index (κ2) is 9.75. The fourth-order valence-corrected chi connectivity index (χ4v) is 3.26. The monoisotopic (exact) mass is 286 g/mol. The zero-order valence-corrected chi connectivity index (χ0v) is 13.8. The largest absolute Gasteiger partial charge is 0.388 e. The van der Waals surface area contributed by atoms with Gasteiger partial charge in [0.2, 0.25) is 0 Å². The van der Waals surface area contributed by atoms with Crippen molar-refractivity contribution in [3.05, 3.63) is 0 Å². The number of aliphatic hydroxyl groups excluding tert-OH is 1. The van der Waals surface area contributed by atoms with E-state index >= 15 is 0 Å². The van der Waals surface area contributed by atoms with E-state index in [4.69, 9.17) is 9.47 Å². The van der Waals surface area contributed by atoms with Gasteiger partial charge < -0.3 is 14.6 Å². The van der Waals surface area contributed by atoms with E-state index in [1.165, 1.54) is 38.5 Å². The third-order valence-electron chi connectivity index (χ3n) is 4.63. The van der Waals surface area contributed by atoms with Crippen LogP contribution in [0.25, 0.3) is 0 Å². The third kappa shape index (κ3) is 5.34. The predicted molar refractivity (Wildman–Crippen MR) is 82.9 cm³/mol. The summed E-state index contributed by atoms with van der Waals surface area (Å²) in [5, 5.41) is 10.4. The van der Waals surface area contributed by atoms with Crippen molar-refractivity contribution >= 4 is 0 Å². The molecule has 0 aromatic heterocycles. The number of unbranched alkanes of at least 4 members (excludes halogenated alkanes) is 5. The highest BCUT2D eigenvalue weighted by Gasteiger charge is 2.39. The maximum Gasteiger partial charge on any atom is 0.107 e. The minimum Gasteiger partial charge on any atom is -0.388 e. The Hall–Kier alpha value is -0.120. The van der Waals surface area contributed by atoms with Crippen LogP contribution in [-0.2, 0) is 9.47 Å². The molecule has 1 saturated heterocycles. The summed E-state index contributed by atoms with van der Waals surface area (Å²) in [6.45, 7) is 7.22. The molecule has 0 aromatic rings. The van der Waals surface area contributed by atoms with Crippen molar-refractivity contribution in [2.75, 3.05) is 13.7 Å². The van der Waals surface area contributed by atoms with Crippen molar-refractivity contribution in [3.63, 3.8) is 0 Å². The normalized spacial score (nSPS) is 32.2. The summed E-state index contributed by atoms with van der Waals surface area (Å²) in [5.74, 6) is 0.675. The zero-order chi connectivity index (χ0) is 15.0. The van der Waals surface area contributed by atoms with Gasteiger partial charge in [-0.3, -0.25) is 0 Å². The average molecular weight is 286 g/mol. The number of aliphatic hydroxyl groups is 1. The van der Waals surface area contributed by atoms with Gasteiger partial charge in [-0.1, -0.05) is 59.3 Å². The summed E-state index contributed by atoms with van der Waals surface area (Å²) in [4.78, 5) is 0. The molecule has 0 bridgehead atoms. The molecule has 3 nitrogen and oxygen atoms in total. The van der Waals surface area contributed by atoms with Crippen LogP contribution in [0.2, 0.25) is 0 Å². The first-order chi connectivity index (χ1) is 9.61. The second-order valence-corrected chi connectivity index (χ2v) is 6.50. The maximum absolute atomic E-state index is 10.4. The van der Waals surface area contributed by atoms with Crippen molar-refractivity contribution < 1.29 is 14.6 Å². The minimum absolute atomic E-state index is 0.0632. The Labute approximate surface area is 125 Å². The van der Waals surface area contributed by atoms with Gasteiger partial charge in [0.25, 0.3) is 0 Å². The highest BCUT2D eigenvalue weighted by molar-refractivity contribution is 4.88. The predicted octanol–water partition coefficient (Wildman–Crippen LogP) is 3.78. The number of hydrogen-bond donors (Lipinski definition) is 1. The van der Waals surface area contributed by atoms with Crippen LogP contribution in [0, 0.1) is 11.8 Å². The molecule has 20 heavy (non-hydrogen) atoms. The van der Waals surface area contributed by atoms with Crippen LogP contribution in [0.1, 0.15) is 65.7 Å². The molecule has 1 N–H and O–H groups in total. The molecule has 0 radical (unpaired) electrons. The van der Waals surface area contributed by atoms with E-state index in [0.29, 0.717) is 12.5 Å². The lowest BCUT2D eigenvalue weighted by Gasteiger charge is -2.40. The highest BCUT2D eigenvalue weighted by atomic mass is 16.5. The van der Waals surface area contributed by atoms with Gasteiger partial charge in [0.05, 0.1) is 18.8 Å². The van der Waals surface area contributed by atoms with E-state index < -0.39 is 6.10 Å². The number of hydrogen-bond acceptors (Lipinski definition) is 3. The Morgan fingerprint density at radius 1 is 1.20 bits per heavy atom. The van der Waals surface area contributed by atoms with Gasteiger partial charge in [-0.2, -0.15) is 0 Å². The Morgan fingerprint density at radius 3 is 2.50 bits per heavy atom. The molecule has 1 rings (SSSR count). The van der Waals surface area contributed by atoms with Crippen molar-refractivity contribution in [2.24, 2.45) is 11.8 Å². The molecular formula is C17H34O3. The van der Waals surface area contributed by atoms with Gasteiger partial charge in [-0.15, -0.1) is 0 Å². The molecule has 1 fully saturated rings. The molecule has 5 atom stereocenters. The van der Waals surface area contributed by atoms with Gasteiger partial charge in [0.1, 0.15) is 6.10 Å². The molecule has 0 aromatic carbocycles. The topological polar surface area (TPSA) is 38.7 Å². The fourth-order valence-electron chi connectivity index (χ4n) is 3.26. The van der Waals surface area contributed by atoms with Crippen molar-refractivity contribution in [3.8, 4) is 0 Å². The Morgan fingerprint density at radius 2 is 1.85 bits per heavy atom. The molecule has 120 valence electrons. The number of rotatable bonds is 9. The molecule has 0 amide bonds. The Balaban J connectivity index is 2.26. The molecule has 1 aliphatic heterocycles. The van der Waals surface area contributed by atoms with Crippen LogP contribution < -0.4 is 0 Å². The quantitative estimate of drug-likeness (QED) is 0.656. The molecule has 0 spiro atoms. The SMILES string of the molecule is CCCCCCCCC(C)[C@@H]1OC[C@H](C)[C@H](OC)[C@H]1O. The lowest BCUT2D eigenvalue weighted by atomic mass is 9.85. The van der Waals surface area contributed by atoms with Crippen LogP contribution in [-0.4, -0.2) is 37.1 Å². The van der Waals surface area contributed by atoms with E-state index in [9.17, 15) is 5.11 Å². The molecule has 3 heteroatoms. The standard InChI is InChI=1S/C17H34O3/c1-5-6-7-8-9-10-11-13(2)17-15(18)16(19-4)14(3)12-20-17/h13-18H,5-12H2,1-4H3/t13?,14-,15+,16-,17-/m0/s1. The molecule has 0 saturated carbocycles. The summed E-state index contributed by atoms with van der Waals surface area (Å²) < 4.78 is 11.3. The van der Waals surface area contributed by atoms with E-state index in [-0.39, 0.29) is 18.1 Å². The Kier molecular flexibility index (Phi) is 8.74. The van der Waals surface area contributed by atoms with Gasteiger partial charge in [0, 0.05) is 13.0 Å². The minimum atomic E-state index is -0.487. The lowest BCUT2D eigenvalue weighted by molar-refractivity contribution is -0.184. The smallest absolute Gasteiger partial charge is 0.107 e. The zero-order valence-electron chi connectivity index (χ0n) is 13.8. The summed E-state index contributed by atoms with van der Waals surface area (Å²) in [6, 6.07) is 0. The first-order valence-electron chi connectivity index (χ1n) is 8.44. The summed E-state index contributed by atoms with van der Waals surface area (Å²) in [7, 11) is 1.69. The van der Waals surface area contributed by atoms with Crippen molar-refractivity contribution in [1.82, 2.24) is 0 Å². The Bertz CT molecular complexity index is 244. The summed E-state index contributed by atoms with van der Waals surface area (Å²) in [6.07, 6.45) is 8.40. The van der Waals surface area contributed by atoms with Crippen LogP contribution in [0.4, 0.5) is 0 Å². The highest BCUT2D eigenvalue weighted by Crippen LogP contribution is 2.29. The van der Waals surface area contributed by atoms with E-state index in [2.05, 4.69) is 20.8 Å². The summed E-state index contributed by atoms with van der Waals surface area (Å²) in [5.41, 5.74) is 0. The average Bonchev–Trinajstić information content (AvgIpc) is 2.43. The second-order valence-electron chi connectivity index (χ2n) is 6.50. The molecule has 1 unspecified atom stereocenters. The number of ether oxygens (including phenoxy) is 2. The van der Waals surface area contributed by atoms with Gasteiger partial charge in [-0.25, -0.2) is 0 Å². The van der Waals surface area contributed by atoms with Crippen LogP contribution in [0.15, 0.2) is 0 Å². The summed E-state index contributed by atoms with van der Waals surface area (Å²) >= 11 is 0. The van der Waals surface area contributed by atoms with Crippen molar-refractivity contribution in [2.45, 2.75) is 84.0 Å². The fraction of sp³-hybridized carbons (Fsp3) is 1.00. The molecular weight excluding hydrogens is 252 g/mol. The van der Waals surface area contributed by atoms with Crippen molar-refractivity contribution in [1.29, 1.82) is 0 Å². The van der Waals surface area contributed by atoms with Gasteiger partial charge >= 0.3 is 0 Å². The van der Waals surface area contributed by atoms with Crippen LogP contribution in [0.3, 0.4) is 0 Å². The maximum atomic E-state index is 10.4. The first-order valence-corrected chi connectivity index (χ1v) is 8.44. The van der Waals surface area contributed by atoms with Crippen LogP contribution >= 0.6 is 0 Å². The third-order valence-corrected chi connectivity index (χ3v) is 4.63. The molecule has 1 aliphatic rings. The number of methoxy groups -OCH3 is 1.